The van der Waals surface area contributed by atoms with E-state index in [-0.39, 0.29) is 11.1 Å². The summed E-state index contributed by atoms with van der Waals surface area (Å²) in [6.07, 6.45) is 1.78. The highest BCUT2D eigenvalue weighted by Crippen LogP contribution is 2.33. The fourth-order valence-electron chi connectivity index (χ4n) is 3.07. The van der Waals surface area contributed by atoms with Gasteiger partial charge in [-0.2, -0.15) is 0 Å². The van der Waals surface area contributed by atoms with Crippen LogP contribution in [0, 0.1) is 6.92 Å². The van der Waals surface area contributed by atoms with Crippen molar-refractivity contribution in [2.45, 2.75) is 6.92 Å². The molecule has 1 saturated heterocycles. The van der Waals surface area contributed by atoms with Crippen LogP contribution in [0.4, 0.5) is 4.79 Å². The lowest BCUT2D eigenvalue weighted by Crippen LogP contribution is -2.17. The van der Waals surface area contributed by atoms with Gasteiger partial charge in [0.2, 0.25) is 0 Å². The lowest BCUT2D eigenvalue weighted by Gasteiger charge is -2.12. The number of carbonyl (C=O) groups excluding carboxylic acids is 2. The molecule has 4 nitrogen and oxygen atoms in total. The Morgan fingerprint density at radius 1 is 0.962 bits per heavy atom. The zero-order chi connectivity index (χ0) is 18.1. The molecular weight excluding hydrogens is 344 g/mol. The van der Waals surface area contributed by atoms with Gasteiger partial charge in [0.25, 0.3) is 11.1 Å². The third-order valence-corrected chi connectivity index (χ3v) is 5.11. The number of nitrogens with zero attached hydrogens (tertiary/aromatic N) is 1. The predicted octanol–water partition coefficient (Wildman–Crippen LogP) is 4.78. The van der Waals surface area contributed by atoms with Crippen molar-refractivity contribution in [3.05, 3.63) is 82.9 Å². The minimum atomic E-state index is -0.340. The highest BCUT2D eigenvalue weighted by Gasteiger charge is 2.26. The number of aromatic nitrogens is 1. The standard InChI is InChI=1S/C21H16N2O2S/c1-14-16(13-19-20(24)22-21(25)26-19)12-18(15-8-4-2-5-9-15)23(14)17-10-6-3-7-11-17/h2-13H,1H3,(H,22,24,25). The summed E-state index contributed by atoms with van der Waals surface area (Å²) in [6, 6.07) is 22.3. The Bertz CT molecular complexity index is 1020. The molecule has 5 heteroatoms. The Kier molecular flexibility index (Phi) is 4.22. The third-order valence-electron chi connectivity index (χ3n) is 4.30. The van der Waals surface area contributed by atoms with Crippen molar-refractivity contribution in [2.75, 3.05) is 0 Å². The van der Waals surface area contributed by atoms with Gasteiger partial charge < -0.3 is 4.57 Å². The molecule has 1 aliphatic rings. The van der Waals surface area contributed by atoms with Gasteiger partial charge in [0.15, 0.2) is 0 Å². The van der Waals surface area contributed by atoms with Gasteiger partial charge in [-0.3, -0.25) is 14.9 Å². The van der Waals surface area contributed by atoms with Crippen LogP contribution in [0.3, 0.4) is 0 Å². The average molecular weight is 360 g/mol. The summed E-state index contributed by atoms with van der Waals surface area (Å²) in [5.74, 6) is -0.340. The molecule has 2 aromatic carbocycles. The van der Waals surface area contributed by atoms with Crippen molar-refractivity contribution in [1.82, 2.24) is 9.88 Å². The number of carbonyl (C=O) groups is 2. The van der Waals surface area contributed by atoms with Gasteiger partial charge in [-0.05, 0) is 54.1 Å². The van der Waals surface area contributed by atoms with E-state index >= 15 is 0 Å². The van der Waals surface area contributed by atoms with Crippen LogP contribution in [0.1, 0.15) is 11.3 Å². The van der Waals surface area contributed by atoms with Crippen molar-refractivity contribution in [2.24, 2.45) is 0 Å². The number of hydrogen-bond acceptors (Lipinski definition) is 3. The van der Waals surface area contributed by atoms with Gasteiger partial charge in [-0.15, -0.1) is 0 Å². The van der Waals surface area contributed by atoms with Crippen LogP contribution in [0.2, 0.25) is 0 Å². The summed E-state index contributed by atoms with van der Waals surface area (Å²) >= 11 is 0.936. The Hall–Kier alpha value is -3.05. The first-order valence-electron chi connectivity index (χ1n) is 8.21. The van der Waals surface area contributed by atoms with Gasteiger partial charge in [-0.25, -0.2) is 0 Å². The molecule has 0 bridgehead atoms. The second-order valence-corrected chi connectivity index (χ2v) is 6.97. The summed E-state index contributed by atoms with van der Waals surface area (Å²) in [7, 11) is 0. The van der Waals surface area contributed by atoms with Gasteiger partial charge in [0.05, 0.1) is 10.6 Å². The smallest absolute Gasteiger partial charge is 0.290 e. The second-order valence-electron chi connectivity index (χ2n) is 5.96. The maximum Gasteiger partial charge on any atom is 0.290 e. The third kappa shape index (κ3) is 2.97. The van der Waals surface area contributed by atoms with E-state index < -0.39 is 0 Å². The Morgan fingerprint density at radius 3 is 2.23 bits per heavy atom. The van der Waals surface area contributed by atoms with Gasteiger partial charge in [0, 0.05) is 11.4 Å². The maximum atomic E-state index is 11.9. The second kappa shape index (κ2) is 6.69. The van der Waals surface area contributed by atoms with Gasteiger partial charge in [0.1, 0.15) is 0 Å². The molecule has 0 unspecified atom stereocenters. The molecule has 26 heavy (non-hydrogen) atoms. The molecular formula is C21H16N2O2S. The molecule has 128 valence electrons. The van der Waals surface area contributed by atoms with Crippen molar-refractivity contribution in [3.63, 3.8) is 0 Å². The van der Waals surface area contributed by atoms with Crippen LogP contribution in [-0.2, 0) is 4.79 Å². The van der Waals surface area contributed by atoms with Crippen molar-refractivity contribution >= 4 is 29.0 Å². The molecule has 0 saturated carbocycles. The fourth-order valence-corrected chi connectivity index (χ4v) is 3.74. The minimum absolute atomic E-state index is 0.329. The monoisotopic (exact) mass is 360 g/mol. The predicted molar refractivity (Wildman–Crippen MR) is 105 cm³/mol. The van der Waals surface area contributed by atoms with E-state index in [2.05, 4.69) is 40.2 Å². The first-order valence-corrected chi connectivity index (χ1v) is 9.03. The summed E-state index contributed by atoms with van der Waals surface area (Å²) in [5.41, 5.74) is 5.10. The quantitative estimate of drug-likeness (QED) is 0.684. The summed E-state index contributed by atoms with van der Waals surface area (Å²) in [4.78, 5) is 23.8. The van der Waals surface area contributed by atoms with Crippen LogP contribution >= 0.6 is 11.8 Å². The van der Waals surface area contributed by atoms with Gasteiger partial charge >= 0.3 is 0 Å². The highest BCUT2D eigenvalue weighted by molar-refractivity contribution is 8.18. The van der Waals surface area contributed by atoms with Crippen LogP contribution in [0.5, 0.6) is 0 Å². The van der Waals surface area contributed by atoms with E-state index in [4.69, 9.17) is 0 Å². The molecule has 0 aliphatic carbocycles. The Balaban J connectivity index is 1.90. The molecule has 1 N–H and O–H groups in total. The molecule has 1 aliphatic heterocycles. The summed E-state index contributed by atoms with van der Waals surface area (Å²) in [5, 5.41) is 1.97. The summed E-state index contributed by atoms with van der Waals surface area (Å²) in [6.45, 7) is 2.02. The van der Waals surface area contributed by atoms with E-state index in [1.165, 1.54) is 0 Å². The number of thioether (sulfide) groups is 1. The molecule has 4 rings (SSSR count). The van der Waals surface area contributed by atoms with E-state index in [9.17, 15) is 9.59 Å². The molecule has 1 fully saturated rings. The van der Waals surface area contributed by atoms with Crippen molar-refractivity contribution < 1.29 is 9.59 Å². The normalized spacial score (nSPS) is 15.5. The maximum absolute atomic E-state index is 11.9. The minimum Gasteiger partial charge on any atom is -0.313 e. The van der Waals surface area contributed by atoms with E-state index in [1.54, 1.807) is 6.08 Å². The fraction of sp³-hybridized carbons (Fsp3) is 0.0476. The molecule has 1 aromatic heterocycles. The van der Waals surface area contributed by atoms with E-state index in [0.29, 0.717) is 4.91 Å². The molecule has 0 spiro atoms. The largest absolute Gasteiger partial charge is 0.313 e. The molecule has 3 aromatic rings. The zero-order valence-corrected chi connectivity index (χ0v) is 14.9. The molecule has 2 heterocycles. The number of amides is 2. The SMILES string of the molecule is Cc1c(C=C2SC(=O)NC2=O)cc(-c2ccccc2)n1-c1ccccc1. The lowest BCUT2D eigenvalue weighted by atomic mass is 10.1. The number of nitrogens with one attached hydrogen (secondary N) is 1. The van der Waals surface area contributed by atoms with Crippen LogP contribution in [-0.4, -0.2) is 15.7 Å². The van der Waals surface area contributed by atoms with Crippen molar-refractivity contribution in [1.29, 1.82) is 0 Å². The van der Waals surface area contributed by atoms with E-state index in [0.717, 1.165) is 40.0 Å². The van der Waals surface area contributed by atoms with Crippen molar-refractivity contribution in [3.8, 4) is 16.9 Å². The average Bonchev–Trinajstić information content (AvgIpc) is 3.15. The lowest BCUT2D eigenvalue weighted by molar-refractivity contribution is -0.115. The number of hydrogen-bond donors (Lipinski definition) is 1. The number of para-hydroxylation sites is 1. The number of imide groups is 1. The first-order chi connectivity index (χ1) is 12.6. The highest BCUT2D eigenvalue weighted by atomic mass is 32.2. The van der Waals surface area contributed by atoms with Crippen LogP contribution in [0.15, 0.2) is 71.6 Å². The van der Waals surface area contributed by atoms with Crippen LogP contribution < -0.4 is 5.32 Å². The number of rotatable bonds is 3. The first kappa shape index (κ1) is 16.4. The summed E-state index contributed by atoms with van der Waals surface area (Å²) < 4.78 is 2.17. The Morgan fingerprint density at radius 2 is 1.62 bits per heavy atom. The van der Waals surface area contributed by atoms with E-state index in [1.807, 2.05) is 43.3 Å². The molecule has 0 atom stereocenters. The number of benzene rings is 2. The van der Waals surface area contributed by atoms with Crippen LogP contribution in [0.25, 0.3) is 23.0 Å². The molecule has 0 radical (unpaired) electrons. The Labute approximate surface area is 155 Å². The van der Waals surface area contributed by atoms with Gasteiger partial charge in [-0.1, -0.05) is 48.5 Å². The zero-order valence-electron chi connectivity index (χ0n) is 14.1. The topological polar surface area (TPSA) is 51.1 Å². The molecule has 2 amide bonds.